The smallest absolute Gasteiger partial charge is 0.234 e. The number of nitrogens with one attached hydrogen (secondary N) is 2. The van der Waals surface area contributed by atoms with Gasteiger partial charge in [0, 0.05) is 16.7 Å². The predicted molar refractivity (Wildman–Crippen MR) is 95.0 cm³/mol. The molecular weight excluding hydrogens is 370 g/mol. The molecule has 2 aromatic carbocycles. The Morgan fingerprint density at radius 2 is 1.75 bits per heavy atom. The molecule has 0 saturated carbocycles. The summed E-state index contributed by atoms with van der Waals surface area (Å²) in [6.07, 6.45) is 0.135. The zero-order valence-electron chi connectivity index (χ0n) is 12.9. The lowest BCUT2D eigenvalue weighted by Gasteiger charge is -2.08. The van der Waals surface area contributed by atoms with E-state index < -0.39 is 0 Å². The van der Waals surface area contributed by atoms with Crippen LogP contribution in [0.3, 0.4) is 0 Å². The second kappa shape index (κ2) is 8.85. The van der Waals surface area contributed by atoms with Crippen LogP contribution in [0.4, 0.5) is 5.69 Å². The van der Waals surface area contributed by atoms with Gasteiger partial charge in [-0.25, -0.2) is 0 Å². The summed E-state index contributed by atoms with van der Waals surface area (Å²) in [5, 5.41) is 13.9. The molecule has 2 rings (SSSR count). The number of nitrogens with zero attached hydrogens (tertiary/aromatic N) is 1. The second-order valence-electron chi connectivity index (χ2n) is 5.12. The molecule has 0 aromatic heterocycles. The van der Waals surface area contributed by atoms with Crippen LogP contribution in [0.1, 0.15) is 17.5 Å². The minimum absolute atomic E-state index is 0.100. The van der Waals surface area contributed by atoms with Gasteiger partial charge in [0.15, 0.2) is 0 Å². The number of amides is 2. The van der Waals surface area contributed by atoms with Crippen LogP contribution >= 0.6 is 15.9 Å². The maximum Gasteiger partial charge on any atom is 0.234 e. The molecule has 0 saturated heterocycles. The van der Waals surface area contributed by atoms with Crippen molar-refractivity contribution in [2.45, 2.75) is 19.4 Å². The molecular formula is C18H16BrN3O2. The summed E-state index contributed by atoms with van der Waals surface area (Å²) in [6, 6.07) is 16.6. The SMILES string of the molecule is N#CCC(=O)NCc1ccc(NC(=O)Cc2ccccc2Br)cc1. The zero-order chi connectivity index (χ0) is 17.4. The van der Waals surface area contributed by atoms with Crippen molar-refractivity contribution in [3.8, 4) is 6.07 Å². The molecule has 5 nitrogen and oxygen atoms in total. The van der Waals surface area contributed by atoms with Crippen LogP contribution in [0, 0.1) is 11.3 Å². The fraction of sp³-hybridized carbons (Fsp3) is 0.167. The van der Waals surface area contributed by atoms with Gasteiger partial charge in [-0.2, -0.15) is 5.26 Å². The number of hydrogen-bond acceptors (Lipinski definition) is 3. The number of hydrogen-bond donors (Lipinski definition) is 2. The lowest BCUT2D eigenvalue weighted by molar-refractivity contribution is -0.120. The van der Waals surface area contributed by atoms with Crippen LogP contribution < -0.4 is 10.6 Å². The number of anilines is 1. The van der Waals surface area contributed by atoms with Gasteiger partial charge >= 0.3 is 0 Å². The maximum absolute atomic E-state index is 12.1. The van der Waals surface area contributed by atoms with E-state index in [9.17, 15) is 9.59 Å². The summed E-state index contributed by atoms with van der Waals surface area (Å²) in [4.78, 5) is 23.3. The summed E-state index contributed by atoms with van der Waals surface area (Å²) in [6.45, 7) is 0.353. The Kier molecular flexibility index (Phi) is 6.52. The highest BCUT2D eigenvalue weighted by Crippen LogP contribution is 2.17. The molecule has 0 bridgehead atoms. The molecule has 0 fully saturated rings. The third kappa shape index (κ3) is 5.52. The van der Waals surface area contributed by atoms with Crippen LogP contribution in [-0.4, -0.2) is 11.8 Å². The van der Waals surface area contributed by atoms with Gasteiger partial charge in [0.1, 0.15) is 6.42 Å². The Morgan fingerprint density at radius 1 is 1.04 bits per heavy atom. The fourth-order valence-electron chi connectivity index (χ4n) is 2.06. The summed E-state index contributed by atoms with van der Waals surface area (Å²) >= 11 is 3.43. The Morgan fingerprint density at radius 3 is 2.42 bits per heavy atom. The highest BCUT2D eigenvalue weighted by atomic mass is 79.9. The molecule has 2 amide bonds. The quantitative estimate of drug-likeness (QED) is 0.800. The Hall–Kier alpha value is -2.65. The van der Waals surface area contributed by atoms with Gasteiger partial charge in [-0.3, -0.25) is 9.59 Å². The van der Waals surface area contributed by atoms with Crippen molar-refractivity contribution in [1.82, 2.24) is 5.32 Å². The van der Waals surface area contributed by atoms with Crippen molar-refractivity contribution in [1.29, 1.82) is 5.26 Å². The first kappa shape index (κ1) is 17.7. The van der Waals surface area contributed by atoms with Crippen LogP contribution in [0.5, 0.6) is 0 Å². The third-order valence-electron chi connectivity index (χ3n) is 3.28. The first-order valence-corrected chi connectivity index (χ1v) is 8.13. The van der Waals surface area contributed by atoms with E-state index in [4.69, 9.17) is 5.26 Å². The molecule has 0 heterocycles. The molecule has 0 unspecified atom stereocenters. The fourth-order valence-corrected chi connectivity index (χ4v) is 2.49. The lowest BCUT2D eigenvalue weighted by Crippen LogP contribution is -2.21. The summed E-state index contributed by atoms with van der Waals surface area (Å²) in [5.41, 5.74) is 2.51. The molecule has 6 heteroatoms. The van der Waals surface area contributed by atoms with E-state index in [1.807, 2.05) is 36.4 Å². The van der Waals surface area contributed by atoms with E-state index in [0.29, 0.717) is 12.2 Å². The highest BCUT2D eigenvalue weighted by Gasteiger charge is 2.07. The van der Waals surface area contributed by atoms with Crippen molar-refractivity contribution in [3.05, 3.63) is 64.1 Å². The van der Waals surface area contributed by atoms with Crippen molar-refractivity contribution in [2.75, 3.05) is 5.32 Å². The minimum Gasteiger partial charge on any atom is -0.351 e. The van der Waals surface area contributed by atoms with E-state index in [1.165, 1.54) is 0 Å². The molecule has 24 heavy (non-hydrogen) atoms. The molecule has 0 spiro atoms. The first-order valence-electron chi connectivity index (χ1n) is 7.34. The van der Waals surface area contributed by atoms with Crippen LogP contribution in [0.2, 0.25) is 0 Å². The van der Waals surface area contributed by atoms with Gasteiger partial charge in [0.05, 0.1) is 12.5 Å². The third-order valence-corrected chi connectivity index (χ3v) is 4.05. The van der Waals surface area contributed by atoms with E-state index in [2.05, 4.69) is 26.6 Å². The Balaban J connectivity index is 1.87. The summed E-state index contributed by atoms with van der Waals surface area (Å²) < 4.78 is 0.906. The van der Waals surface area contributed by atoms with Gasteiger partial charge in [0.2, 0.25) is 11.8 Å². The van der Waals surface area contributed by atoms with Gasteiger partial charge in [-0.05, 0) is 29.3 Å². The molecule has 0 aliphatic heterocycles. The normalized spacial score (nSPS) is 9.83. The van der Waals surface area contributed by atoms with Crippen molar-refractivity contribution in [2.24, 2.45) is 0 Å². The van der Waals surface area contributed by atoms with Gasteiger partial charge in [-0.1, -0.05) is 46.3 Å². The van der Waals surface area contributed by atoms with E-state index >= 15 is 0 Å². The Labute approximate surface area is 148 Å². The number of halogens is 1. The average molecular weight is 386 g/mol. The standard InChI is InChI=1S/C18H16BrN3O2/c19-16-4-2-1-3-14(16)11-18(24)22-15-7-5-13(6-8-15)12-21-17(23)9-10-20/h1-8H,9,11-12H2,(H,21,23)(H,22,24). The number of rotatable bonds is 6. The average Bonchev–Trinajstić information content (AvgIpc) is 2.57. The van der Waals surface area contributed by atoms with E-state index in [-0.39, 0.29) is 24.7 Å². The van der Waals surface area contributed by atoms with Crippen LogP contribution in [0.25, 0.3) is 0 Å². The maximum atomic E-state index is 12.1. The van der Waals surface area contributed by atoms with Crippen molar-refractivity contribution < 1.29 is 9.59 Å². The van der Waals surface area contributed by atoms with Crippen molar-refractivity contribution in [3.63, 3.8) is 0 Å². The van der Waals surface area contributed by atoms with Gasteiger partial charge in [0.25, 0.3) is 0 Å². The number of nitriles is 1. The van der Waals surface area contributed by atoms with Gasteiger partial charge < -0.3 is 10.6 Å². The van der Waals surface area contributed by atoms with E-state index in [0.717, 1.165) is 15.6 Å². The summed E-state index contributed by atoms with van der Waals surface area (Å²) in [7, 11) is 0. The zero-order valence-corrected chi connectivity index (χ0v) is 14.5. The molecule has 0 aliphatic rings. The lowest BCUT2D eigenvalue weighted by atomic mass is 10.1. The van der Waals surface area contributed by atoms with Crippen LogP contribution in [-0.2, 0) is 22.6 Å². The number of carbonyl (C=O) groups is 2. The number of benzene rings is 2. The highest BCUT2D eigenvalue weighted by molar-refractivity contribution is 9.10. The molecule has 0 atom stereocenters. The van der Waals surface area contributed by atoms with Crippen LogP contribution in [0.15, 0.2) is 53.0 Å². The molecule has 0 aliphatic carbocycles. The molecule has 2 aromatic rings. The molecule has 122 valence electrons. The predicted octanol–water partition coefficient (Wildman–Crippen LogP) is 3.16. The molecule has 2 N–H and O–H groups in total. The largest absolute Gasteiger partial charge is 0.351 e. The number of carbonyl (C=O) groups excluding carboxylic acids is 2. The monoisotopic (exact) mass is 385 g/mol. The minimum atomic E-state index is -0.302. The molecule has 0 radical (unpaired) electrons. The van der Waals surface area contributed by atoms with E-state index in [1.54, 1.807) is 18.2 Å². The first-order chi connectivity index (χ1) is 11.6. The summed E-state index contributed by atoms with van der Waals surface area (Å²) in [5.74, 6) is -0.403. The Bertz CT molecular complexity index is 767. The topological polar surface area (TPSA) is 82.0 Å². The van der Waals surface area contributed by atoms with Gasteiger partial charge in [-0.15, -0.1) is 0 Å². The van der Waals surface area contributed by atoms with Crippen molar-refractivity contribution >= 4 is 33.4 Å². The second-order valence-corrected chi connectivity index (χ2v) is 5.98.